The van der Waals surface area contributed by atoms with Crippen LogP contribution in [-0.4, -0.2) is 28.3 Å². The fourth-order valence-electron chi connectivity index (χ4n) is 2.00. The van der Waals surface area contributed by atoms with Crippen molar-refractivity contribution in [2.75, 3.05) is 0 Å². The van der Waals surface area contributed by atoms with Crippen LogP contribution in [0.15, 0.2) is 10.6 Å². The molecule has 0 spiro atoms. The summed E-state index contributed by atoms with van der Waals surface area (Å²) in [4.78, 5) is 11.7. The van der Waals surface area contributed by atoms with Crippen LogP contribution in [0.25, 0.3) is 0 Å². The van der Waals surface area contributed by atoms with Crippen LogP contribution in [0, 0.1) is 6.92 Å². The monoisotopic (exact) mass is 224 g/mol. The summed E-state index contributed by atoms with van der Waals surface area (Å²) in [5.41, 5.74) is 0.273. The molecule has 1 fully saturated rings. The van der Waals surface area contributed by atoms with Crippen LogP contribution in [0.2, 0.25) is 0 Å². The molecule has 1 amide bonds. The van der Waals surface area contributed by atoms with Gasteiger partial charge in [0.15, 0.2) is 5.69 Å². The number of rotatable bonds is 2. The van der Waals surface area contributed by atoms with Crippen molar-refractivity contribution in [3.8, 4) is 0 Å². The lowest BCUT2D eigenvalue weighted by Gasteiger charge is -2.27. The summed E-state index contributed by atoms with van der Waals surface area (Å²) < 4.78 is 4.83. The Labute approximate surface area is 93.8 Å². The average molecular weight is 224 g/mol. The summed E-state index contributed by atoms with van der Waals surface area (Å²) in [6.45, 7) is 1.74. The molecule has 2 rings (SSSR count). The maximum atomic E-state index is 11.7. The van der Waals surface area contributed by atoms with Crippen LogP contribution < -0.4 is 5.32 Å². The molecule has 5 nitrogen and oxygen atoms in total. The summed E-state index contributed by atoms with van der Waals surface area (Å²) in [6, 6.07) is 1.43. The van der Waals surface area contributed by atoms with Gasteiger partial charge in [-0.3, -0.25) is 4.79 Å². The van der Waals surface area contributed by atoms with E-state index in [9.17, 15) is 9.90 Å². The van der Waals surface area contributed by atoms with Gasteiger partial charge in [0.05, 0.1) is 12.1 Å². The molecule has 5 heteroatoms. The number of carbonyl (C=O) groups is 1. The largest absolute Gasteiger partial charge is 0.391 e. The zero-order valence-electron chi connectivity index (χ0n) is 9.27. The highest BCUT2D eigenvalue weighted by molar-refractivity contribution is 5.92. The maximum Gasteiger partial charge on any atom is 0.273 e. The number of hydrogen-bond donors (Lipinski definition) is 2. The van der Waals surface area contributed by atoms with Crippen LogP contribution in [0.3, 0.4) is 0 Å². The van der Waals surface area contributed by atoms with Gasteiger partial charge in [0, 0.05) is 6.07 Å². The second kappa shape index (κ2) is 4.65. The lowest BCUT2D eigenvalue weighted by atomic mass is 9.92. The molecular weight excluding hydrogens is 208 g/mol. The first-order valence-corrected chi connectivity index (χ1v) is 5.59. The lowest BCUT2D eigenvalue weighted by molar-refractivity contribution is 0.0711. The molecule has 1 aromatic heterocycles. The van der Waals surface area contributed by atoms with Gasteiger partial charge in [-0.05, 0) is 19.8 Å². The number of nitrogens with one attached hydrogen (secondary N) is 1. The summed E-state index contributed by atoms with van der Waals surface area (Å²) >= 11 is 0. The number of hydrogen-bond acceptors (Lipinski definition) is 4. The third kappa shape index (κ3) is 2.41. The van der Waals surface area contributed by atoms with Gasteiger partial charge < -0.3 is 14.9 Å². The summed E-state index contributed by atoms with van der Waals surface area (Å²) in [7, 11) is 0. The molecule has 1 aromatic rings. The lowest BCUT2D eigenvalue weighted by Crippen LogP contribution is -2.45. The van der Waals surface area contributed by atoms with Gasteiger partial charge in [-0.2, -0.15) is 0 Å². The zero-order valence-corrected chi connectivity index (χ0v) is 9.27. The quantitative estimate of drug-likeness (QED) is 0.786. The summed E-state index contributed by atoms with van der Waals surface area (Å²) in [6.07, 6.45) is 3.20. The van der Waals surface area contributed by atoms with E-state index < -0.39 is 6.10 Å². The number of amides is 1. The molecule has 1 saturated carbocycles. The Balaban J connectivity index is 1.96. The minimum absolute atomic E-state index is 0.154. The molecule has 0 radical (unpaired) electrons. The Morgan fingerprint density at radius 3 is 2.94 bits per heavy atom. The Kier molecular flexibility index (Phi) is 3.24. The van der Waals surface area contributed by atoms with E-state index in [1.807, 2.05) is 0 Å². The minimum Gasteiger partial charge on any atom is -0.391 e. The third-order valence-electron chi connectivity index (χ3n) is 2.91. The molecule has 0 unspecified atom stereocenters. The smallest absolute Gasteiger partial charge is 0.273 e. The molecule has 1 heterocycles. The molecule has 1 aliphatic carbocycles. The minimum atomic E-state index is -0.439. The molecule has 88 valence electrons. The van der Waals surface area contributed by atoms with Crippen LogP contribution in [0.5, 0.6) is 0 Å². The van der Waals surface area contributed by atoms with Crippen molar-refractivity contribution in [3.63, 3.8) is 0 Å². The van der Waals surface area contributed by atoms with Crippen molar-refractivity contribution in [3.05, 3.63) is 17.5 Å². The van der Waals surface area contributed by atoms with E-state index in [1.54, 1.807) is 13.0 Å². The highest BCUT2D eigenvalue weighted by atomic mass is 16.5. The standard InChI is InChI=1S/C11H16N2O3/c1-7-6-9(13-16-7)11(15)12-8-4-2-3-5-10(8)14/h6,8,10,14H,2-5H2,1H3,(H,12,15)/t8-,10-/m0/s1. The van der Waals surface area contributed by atoms with E-state index in [4.69, 9.17) is 4.52 Å². The Bertz CT molecular complexity index is 375. The van der Waals surface area contributed by atoms with Crippen LogP contribution in [0.4, 0.5) is 0 Å². The van der Waals surface area contributed by atoms with E-state index in [1.165, 1.54) is 0 Å². The number of aromatic nitrogens is 1. The predicted molar refractivity (Wildman–Crippen MR) is 57.0 cm³/mol. The molecule has 0 aliphatic heterocycles. The Morgan fingerprint density at radius 1 is 1.56 bits per heavy atom. The summed E-state index contributed by atoms with van der Waals surface area (Å²) in [5, 5.41) is 16.1. The van der Waals surface area contributed by atoms with E-state index in [-0.39, 0.29) is 17.6 Å². The van der Waals surface area contributed by atoms with Gasteiger partial charge in [0.2, 0.25) is 0 Å². The molecular formula is C11H16N2O3. The normalized spacial score (nSPS) is 25.4. The fraction of sp³-hybridized carbons (Fsp3) is 0.636. The van der Waals surface area contributed by atoms with Gasteiger partial charge in [-0.15, -0.1) is 0 Å². The first-order valence-electron chi connectivity index (χ1n) is 5.59. The topological polar surface area (TPSA) is 75.4 Å². The fourth-order valence-corrected chi connectivity index (χ4v) is 2.00. The zero-order chi connectivity index (χ0) is 11.5. The van der Waals surface area contributed by atoms with E-state index in [0.717, 1.165) is 25.7 Å². The second-order valence-electron chi connectivity index (χ2n) is 4.25. The molecule has 0 bridgehead atoms. The molecule has 16 heavy (non-hydrogen) atoms. The molecule has 2 atom stereocenters. The molecule has 0 aromatic carbocycles. The van der Waals surface area contributed by atoms with Crippen molar-refractivity contribution in [2.24, 2.45) is 0 Å². The number of nitrogens with zero attached hydrogens (tertiary/aromatic N) is 1. The SMILES string of the molecule is Cc1cc(C(=O)N[C@H]2CCCC[C@@H]2O)no1. The first kappa shape index (κ1) is 11.1. The van der Waals surface area contributed by atoms with E-state index in [0.29, 0.717) is 5.76 Å². The second-order valence-corrected chi connectivity index (χ2v) is 4.25. The van der Waals surface area contributed by atoms with E-state index >= 15 is 0 Å². The average Bonchev–Trinajstić information content (AvgIpc) is 2.68. The van der Waals surface area contributed by atoms with Crippen molar-refractivity contribution in [1.29, 1.82) is 0 Å². The first-order chi connectivity index (χ1) is 7.66. The number of carbonyl (C=O) groups excluding carboxylic acids is 1. The van der Waals surface area contributed by atoms with Gasteiger partial charge in [0.1, 0.15) is 5.76 Å². The molecule has 0 saturated heterocycles. The highest BCUT2D eigenvalue weighted by Crippen LogP contribution is 2.18. The van der Waals surface area contributed by atoms with Gasteiger partial charge in [-0.1, -0.05) is 18.0 Å². The predicted octanol–water partition coefficient (Wildman–Crippen LogP) is 1.02. The van der Waals surface area contributed by atoms with Crippen LogP contribution in [0.1, 0.15) is 41.9 Å². The summed E-state index contributed by atoms with van der Waals surface area (Å²) in [5.74, 6) is 0.331. The van der Waals surface area contributed by atoms with Gasteiger partial charge >= 0.3 is 0 Å². The molecule has 2 N–H and O–H groups in total. The van der Waals surface area contributed by atoms with E-state index in [2.05, 4.69) is 10.5 Å². The van der Waals surface area contributed by atoms with Gasteiger partial charge in [-0.25, -0.2) is 0 Å². The van der Waals surface area contributed by atoms with Crippen molar-refractivity contribution in [2.45, 2.75) is 44.8 Å². The Hall–Kier alpha value is -1.36. The molecule has 1 aliphatic rings. The van der Waals surface area contributed by atoms with Crippen LogP contribution in [-0.2, 0) is 0 Å². The van der Waals surface area contributed by atoms with Crippen molar-refractivity contribution < 1.29 is 14.4 Å². The van der Waals surface area contributed by atoms with Crippen molar-refractivity contribution >= 4 is 5.91 Å². The highest BCUT2D eigenvalue weighted by Gasteiger charge is 2.25. The van der Waals surface area contributed by atoms with Crippen LogP contribution >= 0.6 is 0 Å². The third-order valence-corrected chi connectivity index (χ3v) is 2.91. The number of aryl methyl sites for hydroxylation is 1. The van der Waals surface area contributed by atoms with Crippen molar-refractivity contribution in [1.82, 2.24) is 10.5 Å². The Morgan fingerprint density at radius 2 is 2.31 bits per heavy atom. The number of aliphatic hydroxyl groups excluding tert-OH is 1. The number of aliphatic hydroxyl groups is 1. The van der Waals surface area contributed by atoms with Gasteiger partial charge in [0.25, 0.3) is 5.91 Å². The maximum absolute atomic E-state index is 11.7.